The summed E-state index contributed by atoms with van der Waals surface area (Å²) in [5.41, 5.74) is 0.828. The Morgan fingerprint density at radius 1 is 1.25 bits per heavy atom. The molecule has 0 spiro atoms. The number of benzene rings is 1. The Morgan fingerprint density at radius 2 is 2.05 bits per heavy atom. The zero-order valence-electron chi connectivity index (χ0n) is 11.3. The maximum Gasteiger partial charge on any atom is 0.137 e. The predicted octanol–water partition coefficient (Wildman–Crippen LogP) is 4.04. The van der Waals surface area contributed by atoms with Gasteiger partial charge in [0.1, 0.15) is 28.8 Å². The van der Waals surface area contributed by atoms with Gasteiger partial charge in [-0.2, -0.15) is 0 Å². The minimum atomic E-state index is -0.468. The Labute approximate surface area is 120 Å². The van der Waals surface area contributed by atoms with E-state index < -0.39 is 11.6 Å². The molecule has 2 aromatic rings. The average molecular weight is 295 g/mol. The molecule has 0 fully saturated rings. The molecule has 0 saturated carbocycles. The Kier molecular flexibility index (Phi) is 4.89. The summed E-state index contributed by atoms with van der Waals surface area (Å²) in [5.74, 6) is -0.205. The second-order valence-electron chi connectivity index (χ2n) is 4.26. The fourth-order valence-corrected chi connectivity index (χ4v) is 2.51. The first-order valence-corrected chi connectivity index (χ1v) is 7.12. The first-order valence-electron chi connectivity index (χ1n) is 6.30. The third-order valence-corrected chi connectivity index (χ3v) is 3.82. The predicted molar refractivity (Wildman–Crippen MR) is 76.0 cm³/mol. The molecule has 1 aromatic carbocycles. The van der Waals surface area contributed by atoms with Crippen LogP contribution in [0.2, 0.25) is 0 Å². The van der Waals surface area contributed by atoms with Crippen LogP contribution in [0.5, 0.6) is 0 Å². The van der Waals surface area contributed by atoms with Gasteiger partial charge in [0.2, 0.25) is 0 Å². The highest BCUT2D eigenvalue weighted by Crippen LogP contribution is 2.32. The van der Waals surface area contributed by atoms with Crippen LogP contribution in [0, 0.1) is 18.6 Å². The van der Waals surface area contributed by atoms with Crippen LogP contribution in [0.1, 0.15) is 18.9 Å². The molecule has 0 amide bonds. The van der Waals surface area contributed by atoms with Crippen molar-refractivity contribution < 1.29 is 8.78 Å². The van der Waals surface area contributed by atoms with E-state index in [0.717, 1.165) is 48.2 Å². The molecule has 0 unspecified atom stereocenters. The maximum atomic E-state index is 13.6. The van der Waals surface area contributed by atoms with Crippen LogP contribution in [-0.4, -0.2) is 16.5 Å². The Bertz CT molecular complexity index is 605. The number of hydrogen-bond donors (Lipinski definition) is 1. The number of halogens is 2. The van der Waals surface area contributed by atoms with Crippen molar-refractivity contribution in [3.05, 3.63) is 41.7 Å². The lowest BCUT2D eigenvalue weighted by atomic mass is 10.3. The lowest BCUT2D eigenvalue weighted by Gasteiger charge is -2.10. The molecule has 1 heterocycles. The van der Waals surface area contributed by atoms with E-state index in [1.807, 2.05) is 6.92 Å². The van der Waals surface area contributed by atoms with Crippen molar-refractivity contribution in [2.24, 2.45) is 0 Å². The number of aromatic nitrogens is 2. The number of anilines is 1. The standard InChI is InChI=1S/C14H15F2N3S/c1-3-6-17-13-9(2)14(19-8-18-13)20-12-7-10(15)4-5-11(12)16/h4-5,7-8H,3,6H2,1-2H3,(H,17,18,19). The molecule has 0 saturated heterocycles. The summed E-state index contributed by atoms with van der Waals surface area (Å²) in [6.07, 6.45) is 2.40. The molecule has 0 atom stereocenters. The Hall–Kier alpha value is -1.69. The van der Waals surface area contributed by atoms with Gasteiger partial charge in [-0.05, 0) is 31.5 Å². The smallest absolute Gasteiger partial charge is 0.137 e. The number of rotatable bonds is 5. The van der Waals surface area contributed by atoms with Crippen molar-refractivity contribution in [2.75, 3.05) is 11.9 Å². The molecular weight excluding hydrogens is 280 g/mol. The molecule has 0 aliphatic rings. The number of nitrogens with one attached hydrogen (secondary N) is 1. The molecule has 0 aliphatic heterocycles. The van der Waals surface area contributed by atoms with E-state index >= 15 is 0 Å². The van der Waals surface area contributed by atoms with E-state index in [1.165, 1.54) is 12.4 Å². The first kappa shape index (κ1) is 14.7. The zero-order valence-corrected chi connectivity index (χ0v) is 12.1. The fraction of sp³-hybridized carbons (Fsp3) is 0.286. The third kappa shape index (κ3) is 3.45. The highest BCUT2D eigenvalue weighted by atomic mass is 32.2. The normalized spacial score (nSPS) is 10.6. The van der Waals surface area contributed by atoms with E-state index in [0.29, 0.717) is 5.03 Å². The van der Waals surface area contributed by atoms with Crippen molar-refractivity contribution in [1.29, 1.82) is 0 Å². The second kappa shape index (κ2) is 6.65. The third-order valence-electron chi connectivity index (χ3n) is 2.68. The van der Waals surface area contributed by atoms with Gasteiger partial charge in [-0.25, -0.2) is 18.7 Å². The zero-order chi connectivity index (χ0) is 14.5. The summed E-state index contributed by atoms with van der Waals surface area (Å²) in [7, 11) is 0. The Balaban J connectivity index is 2.27. The number of nitrogens with zero attached hydrogens (tertiary/aromatic N) is 2. The Morgan fingerprint density at radius 3 is 2.80 bits per heavy atom. The van der Waals surface area contributed by atoms with Crippen LogP contribution in [0.25, 0.3) is 0 Å². The summed E-state index contributed by atoms with van der Waals surface area (Å²) >= 11 is 1.10. The van der Waals surface area contributed by atoms with Crippen LogP contribution < -0.4 is 5.32 Å². The largest absolute Gasteiger partial charge is 0.370 e. The van der Waals surface area contributed by atoms with E-state index in [-0.39, 0.29) is 4.90 Å². The minimum Gasteiger partial charge on any atom is -0.370 e. The topological polar surface area (TPSA) is 37.8 Å². The van der Waals surface area contributed by atoms with Crippen molar-refractivity contribution >= 4 is 17.6 Å². The lowest BCUT2D eigenvalue weighted by molar-refractivity contribution is 0.577. The maximum absolute atomic E-state index is 13.6. The van der Waals surface area contributed by atoms with Crippen molar-refractivity contribution in [2.45, 2.75) is 30.2 Å². The van der Waals surface area contributed by atoms with Gasteiger partial charge in [0.25, 0.3) is 0 Å². The van der Waals surface area contributed by atoms with Gasteiger partial charge in [0.05, 0.1) is 4.90 Å². The molecule has 0 radical (unpaired) electrons. The van der Waals surface area contributed by atoms with Crippen molar-refractivity contribution in [3.8, 4) is 0 Å². The quantitative estimate of drug-likeness (QED) is 0.845. The average Bonchev–Trinajstić information content (AvgIpc) is 2.44. The molecule has 6 heteroatoms. The van der Waals surface area contributed by atoms with Gasteiger partial charge in [0, 0.05) is 12.1 Å². The second-order valence-corrected chi connectivity index (χ2v) is 5.29. The molecule has 2 rings (SSSR count). The SMILES string of the molecule is CCCNc1ncnc(Sc2cc(F)ccc2F)c1C. The highest BCUT2D eigenvalue weighted by molar-refractivity contribution is 7.99. The summed E-state index contributed by atoms with van der Waals surface area (Å²) in [6, 6.07) is 3.38. The molecule has 20 heavy (non-hydrogen) atoms. The van der Waals surface area contributed by atoms with Crippen LogP contribution in [0.4, 0.5) is 14.6 Å². The van der Waals surface area contributed by atoms with Crippen LogP contribution in [0.15, 0.2) is 34.4 Å². The summed E-state index contributed by atoms with van der Waals surface area (Å²) in [4.78, 5) is 8.51. The van der Waals surface area contributed by atoms with Crippen LogP contribution in [0.3, 0.4) is 0 Å². The van der Waals surface area contributed by atoms with Gasteiger partial charge in [-0.3, -0.25) is 0 Å². The fourth-order valence-electron chi connectivity index (χ4n) is 1.62. The van der Waals surface area contributed by atoms with E-state index in [1.54, 1.807) is 0 Å². The lowest BCUT2D eigenvalue weighted by Crippen LogP contribution is -2.05. The van der Waals surface area contributed by atoms with E-state index in [2.05, 4.69) is 22.2 Å². The van der Waals surface area contributed by atoms with E-state index in [4.69, 9.17) is 0 Å². The molecule has 1 N–H and O–H groups in total. The van der Waals surface area contributed by atoms with Crippen LogP contribution in [-0.2, 0) is 0 Å². The molecule has 1 aromatic heterocycles. The summed E-state index contributed by atoms with van der Waals surface area (Å²) < 4.78 is 26.8. The van der Waals surface area contributed by atoms with Crippen molar-refractivity contribution in [3.63, 3.8) is 0 Å². The molecule has 0 aliphatic carbocycles. The van der Waals surface area contributed by atoms with Gasteiger partial charge in [0.15, 0.2) is 0 Å². The van der Waals surface area contributed by atoms with Crippen LogP contribution >= 0.6 is 11.8 Å². The molecule has 0 bridgehead atoms. The molecule has 3 nitrogen and oxygen atoms in total. The first-order chi connectivity index (χ1) is 9.61. The monoisotopic (exact) mass is 295 g/mol. The molecule has 106 valence electrons. The summed E-state index contributed by atoms with van der Waals surface area (Å²) in [6.45, 7) is 4.72. The van der Waals surface area contributed by atoms with Gasteiger partial charge >= 0.3 is 0 Å². The van der Waals surface area contributed by atoms with Crippen molar-refractivity contribution in [1.82, 2.24) is 9.97 Å². The molecular formula is C14H15F2N3S. The van der Waals surface area contributed by atoms with E-state index in [9.17, 15) is 8.78 Å². The highest BCUT2D eigenvalue weighted by Gasteiger charge is 2.11. The minimum absolute atomic E-state index is 0.216. The van der Waals surface area contributed by atoms with Gasteiger partial charge < -0.3 is 5.32 Å². The van der Waals surface area contributed by atoms with Gasteiger partial charge in [-0.1, -0.05) is 18.7 Å². The number of hydrogen-bond acceptors (Lipinski definition) is 4. The van der Waals surface area contributed by atoms with Gasteiger partial charge in [-0.15, -0.1) is 0 Å². The summed E-state index contributed by atoms with van der Waals surface area (Å²) in [5, 5.41) is 3.80.